The molecule has 0 bridgehead atoms. The number of thiazole rings is 1. The lowest BCUT2D eigenvalue weighted by atomic mass is 9.98. The lowest BCUT2D eigenvalue weighted by Gasteiger charge is -2.13. The summed E-state index contributed by atoms with van der Waals surface area (Å²) in [5, 5.41) is 12.5. The van der Waals surface area contributed by atoms with E-state index in [1.54, 1.807) is 23.5 Å². The molecule has 0 spiro atoms. The molecule has 0 saturated carbocycles. The Labute approximate surface area is 115 Å². The molecule has 0 atom stereocenters. The minimum atomic E-state index is -0.648. The summed E-state index contributed by atoms with van der Waals surface area (Å²) in [5.41, 5.74) is 6.89. The van der Waals surface area contributed by atoms with Crippen molar-refractivity contribution in [2.45, 2.75) is 26.2 Å². The summed E-state index contributed by atoms with van der Waals surface area (Å²) >= 11 is 1.58. The highest BCUT2D eigenvalue weighted by atomic mass is 32.1. The second-order valence-corrected chi connectivity index (χ2v) is 6.24. The lowest BCUT2D eigenvalue weighted by molar-refractivity contribution is 0.0998. The van der Waals surface area contributed by atoms with Gasteiger partial charge in [-0.15, -0.1) is 11.3 Å². The standard InChI is InChI=1S/C14H16N2O2S/c1-14(2,3)13-16-10(7-19-13)8-4-5-11(17)9(6-8)12(15)18/h4-7,17H,1-3H3,(H2,15,18). The molecular weight excluding hydrogens is 260 g/mol. The van der Waals surface area contributed by atoms with Crippen molar-refractivity contribution in [2.24, 2.45) is 5.73 Å². The monoisotopic (exact) mass is 276 g/mol. The number of carbonyl (C=O) groups is 1. The Kier molecular flexibility index (Phi) is 3.32. The molecule has 0 radical (unpaired) electrons. The third-order valence-electron chi connectivity index (χ3n) is 2.70. The van der Waals surface area contributed by atoms with E-state index >= 15 is 0 Å². The molecule has 4 nitrogen and oxygen atoms in total. The maximum Gasteiger partial charge on any atom is 0.252 e. The van der Waals surface area contributed by atoms with Crippen molar-refractivity contribution in [3.05, 3.63) is 34.2 Å². The van der Waals surface area contributed by atoms with Crippen LogP contribution in [0.5, 0.6) is 5.75 Å². The van der Waals surface area contributed by atoms with Gasteiger partial charge in [-0.2, -0.15) is 0 Å². The number of hydrogen-bond acceptors (Lipinski definition) is 4. The second-order valence-electron chi connectivity index (χ2n) is 5.38. The highest BCUT2D eigenvalue weighted by Gasteiger charge is 2.19. The summed E-state index contributed by atoms with van der Waals surface area (Å²) in [6, 6.07) is 4.76. The lowest BCUT2D eigenvalue weighted by Crippen LogP contribution is -2.11. The van der Waals surface area contributed by atoms with E-state index in [9.17, 15) is 9.90 Å². The van der Waals surface area contributed by atoms with E-state index in [1.165, 1.54) is 6.07 Å². The van der Waals surface area contributed by atoms with Crippen LogP contribution in [-0.2, 0) is 5.41 Å². The number of aromatic nitrogens is 1. The molecule has 0 fully saturated rings. The summed E-state index contributed by atoms with van der Waals surface area (Å²) in [6.45, 7) is 6.30. The van der Waals surface area contributed by atoms with Crippen LogP contribution in [0.4, 0.5) is 0 Å². The Morgan fingerprint density at radius 1 is 1.37 bits per heavy atom. The van der Waals surface area contributed by atoms with E-state index in [2.05, 4.69) is 25.8 Å². The van der Waals surface area contributed by atoms with Crippen molar-refractivity contribution in [1.29, 1.82) is 0 Å². The molecule has 1 heterocycles. The van der Waals surface area contributed by atoms with Gasteiger partial charge in [0.2, 0.25) is 0 Å². The Balaban J connectivity index is 2.45. The number of primary amides is 1. The molecule has 100 valence electrons. The molecule has 1 aromatic carbocycles. The highest BCUT2D eigenvalue weighted by Crippen LogP contribution is 2.31. The van der Waals surface area contributed by atoms with Gasteiger partial charge in [0.15, 0.2) is 0 Å². The van der Waals surface area contributed by atoms with Crippen molar-refractivity contribution in [3.8, 4) is 17.0 Å². The SMILES string of the molecule is CC(C)(C)c1nc(-c2ccc(O)c(C(N)=O)c2)cs1. The Morgan fingerprint density at radius 3 is 2.58 bits per heavy atom. The first-order chi connectivity index (χ1) is 8.79. The summed E-state index contributed by atoms with van der Waals surface area (Å²) in [4.78, 5) is 15.8. The van der Waals surface area contributed by atoms with Gasteiger partial charge < -0.3 is 10.8 Å². The number of nitrogens with zero attached hydrogens (tertiary/aromatic N) is 1. The maximum absolute atomic E-state index is 11.2. The predicted octanol–water partition coefficient (Wildman–Crippen LogP) is 2.91. The third kappa shape index (κ3) is 2.76. The van der Waals surface area contributed by atoms with Gasteiger partial charge in [0, 0.05) is 16.4 Å². The van der Waals surface area contributed by atoms with E-state index in [0.29, 0.717) is 0 Å². The molecule has 1 aromatic heterocycles. The Morgan fingerprint density at radius 2 is 2.05 bits per heavy atom. The Bertz CT molecular complexity index is 627. The smallest absolute Gasteiger partial charge is 0.252 e. The number of nitrogens with two attached hydrogens (primary N) is 1. The maximum atomic E-state index is 11.2. The van der Waals surface area contributed by atoms with Gasteiger partial charge in [0.05, 0.1) is 16.3 Å². The van der Waals surface area contributed by atoms with E-state index in [1.807, 2.05) is 5.38 Å². The summed E-state index contributed by atoms with van der Waals surface area (Å²) in [7, 11) is 0. The highest BCUT2D eigenvalue weighted by molar-refractivity contribution is 7.10. The molecule has 0 aliphatic carbocycles. The zero-order valence-electron chi connectivity index (χ0n) is 11.1. The number of phenols is 1. The molecule has 2 aromatic rings. The van der Waals surface area contributed by atoms with Crippen molar-refractivity contribution >= 4 is 17.2 Å². The first-order valence-corrected chi connectivity index (χ1v) is 6.76. The van der Waals surface area contributed by atoms with Crippen molar-refractivity contribution in [1.82, 2.24) is 4.98 Å². The van der Waals surface area contributed by atoms with Crippen LogP contribution in [0.3, 0.4) is 0 Å². The predicted molar refractivity (Wildman–Crippen MR) is 76.4 cm³/mol. The summed E-state index contributed by atoms with van der Waals surface area (Å²) in [5.74, 6) is -0.756. The van der Waals surface area contributed by atoms with Gasteiger partial charge in [0.1, 0.15) is 5.75 Å². The van der Waals surface area contributed by atoms with Crippen LogP contribution in [0.15, 0.2) is 23.6 Å². The molecule has 5 heteroatoms. The fraction of sp³-hybridized carbons (Fsp3) is 0.286. The molecule has 2 rings (SSSR count). The fourth-order valence-electron chi connectivity index (χ4n) is 1.64. The molecule has 0 unspecified atom stereocenters. The quantitative estimate of drug-likeness (QED) is 0.885. The Hall–Kier alpha value is -1.88. The average Bonchev–Trinajstić information content (AvgIpc) is 2.78. The van der Waals surface area contributed by atoms with Gasteiger partial charge >= 0.3 is 0 Å². The molecule has 0 aliphatic heterocycles. The third-order valence-corrected chi connectivity index (χ3v) is 3.97. The summed E-state index contributed by atoms with van der Waals surface area (Å²) < 4.78 is 0. The van der Waals surface area contributed by atoms with E-state index < -0.39 is 5.91 Å². The van der Waals surface area contributed by atoms with E-state index in [4.69, 9.17) is 5.73 Å². The van der Waals surface area contributed by atoms with Crippen LogP contribution in [0.1, 0.15) is 36.1 Å². The molecular formula is C14H16N2O2S. The minimum Gasteiger partial charge on any atom is -0.507 e. The normalized spacial score (nSPS) is 11.5. The van der Waals surface area contributed by atoms with Crippen LogP contribution in [0, 0.1) is 0 Å². The van der Waals surface area contributed by atoms with Crippen LogP contribution in [-0.4, -0.2) is 16.0 Å². The van der Waals surface area contributed by atoms with Crippen LogP contribution in [0.2, 0.25) is 0 Å². The fourth-order valence-corrected chi connectivity index (χ4v) is 2.56. The number of amides is 1. The topological polar surface area (TPSA) is 76.2 Å². The summed E-state index contributed by atoms with van der Waals surface area (Å²) in [6.07, 6.45) is 0. The van der Waals surface area contributed by atoms with Crippen LogP contribution >= 0.6 is 11.3 Å². The molecule has 3 N–H and O–H groups in total. The van der Waals surface area contributed by atoms with Gasteiger partial charge in [-0.25, -0.2) is 4.98 Å². The molecule has 0 saturated heterocycles. The van der Waals surface area contributed by atoms with Gasteiger partial charge in [-0.1, -0.05) is 20.8 Å². The second kappa shape index (κ2) is 4.66. The van der Waals surface area contributed by atoms with Crippen molar-refractivity contribution in [3.63, 3.8) is 0 Å². The first-order valence-electron chi connectivity index (χ1n) is 5.88. The zero-order valence-corrected chi connectivity index (χ0v) is 11.9. The minimum absolute atomic E-state index is 0.00759. The number of hydrogen-bond donors (Lipinski definition) is 2. The first kappa shape index (κ1) is 13.5. The number of carbonyl (C=O) groups excluding carboxylic acids is 1. The number of aromatic hydroxyl groups is 1. The van der Waals surface area contributed by atoms with Gasteiger partial charge in [-0.05, 0) is 18.2 Å². The van der Waals surface area contributed by atoms with Crippen molar-refractivity contribution in [2.75, 3.05) is 0 Å². The van der Waals surface area contributed by atoms with E-state index in [-0.39, 0.29) is 16.7 Å². The van der Waals surface area contributed by atoms with Gasteiger partial charge in [0.25, 0.3) is 5.91 Å². The zero-order chi connectivity index (χ0) is 14.2. The largest absolute Gasteiger partial charge is 0.507 e. The van der Waals surface area contributed by atoms with Crippen LogP contribution in [0.25, 0.3) is 11.3 Å². The molecule has 19 heavy (non-hydrogen) atoms. The van der Waals surface area contributed by atoms with E-state index in [0.717, 1.165) is 16.3 Å². The van der Waals surface area contributed by atoms with Crippen molar-refractivity contribution < 1.29 is 9.90 Å². The molecule has 1 amide bonds. The average molecular weight is 276 g/mol. The molecule has 0 aliphatic rings. The van der Waals surface area contributed by atoms with Gasteiger partial charge in [-0.3, -0.25) is 4.79 Å². The van der Waals surface area contributed by atoms with Crippen LogP contribution < -0.4 is 5.73 Å². The number of benzene rings is 1. The number of rotatable bonds is 2.